The van der Waals surface area contributed by atoms with E-state index in [0.29, 0.717) is 17.4 Å². The molecule has 0 saturated heterocycles. The maximum absolute atomic E-state index is 12.1. The summed E-state index contributed by atoms with van der Waals surface area (Å²) in [6.07, 6.45) is 3.37. The van der Waals surface area contributed by atoms with Gasteiger partial charge in [0, 0.05) is 10.6 Å². The van der Waals surface area contributed by atoms with Crippen LogP contribution < -0.4 is 9.47 Å². The van der Waals surface area contributed by atoms with Gasteiger partial charge in [-0.1, -0.05) is 35.9 Å². The van der Waals surface area contributed by atoms with E-state index in [2.05, 4.69) is 0 Å². The molecule has 2 aromatic carbocycles. The molecule has 3 nitrogen and oxygen atoms in total. The van der Waals surface area contributed by atoms with Crippen molar-refractivity contribution in [1.82, 2.24) is 0 Å². The summed E-state index contributed by atoms with van der Waals surface area (Å²) in [4.78, 5) is 12.8. The third-order valence-electron chi connectivity index (χ3n) is 3.69. The number of thiophene rings is 1. The number of carbonyl (C=O) groups is 1. The van der Waals surface area contributed by atoms with Crippen molar-refractivity contribution in [3.63, 3.8) is 0 Å². The lowest BCUT2D eigenvalue weighted by Crippen LogP contribution is -1.99. The number of benzene rings is 2. The number of halogens is 1. The highest BCUT2D eigenvalue weighted by molar-refractivity contribution is 7.12. The smallest absolute Gasteiger partial charge is 0.195 e. The van der Waals surface area contributed by atoms with E-state index in [-0.39, 0.29) is 5.78 Å². The minimum Gasteiger partial charge on any atom is -0.496 e. The van der Waals surface area contributed by atoms with Crippen LogP contribution in [0.1, 0.15) is 20.8 Å². The van der Waals surface area contributed by atoms with Crippen LogP contribution in [0.5, 0.6) is 11.5 Å². The van der Waals surface area contributed by atoms with Gasteiger partial charge in [0.2, 0.25) is 0 Å². The van der Waals surface area contributed by atoms with Gasteiger partial charge < -0.3 is 9.47 Å². The van der Waals surface area contributed by atoms with E-state index in [4.69, 9.17) is 21.1 Å². The van der Waals surface area contributed by atoms with E-state index in [9.17, 15) is 4.79 Å². The van der Waals surface area contributed by atoms with Crippen LogP contribution >= 0.6 is 22.9 Å². The molecule has 0 radical (unpaired) electrons. The molecule has 0 atom stereocenters. The molecule has 0 unspecified atom stereocenters. The normalized spacial score (nSPS) is 10.8. The first-order valence-electron chi connectivity index (χ1n) is 7.97. The van der Waals surface area contributed by atoms with Gasteiger partial charge in [-0.05, 0) is 53.4 Å². The molecule has 0 bridgehead atoms. The zero-order chi connectivity index (χ0) is 18.4. The Kier molecular flexibility index (Phi) is 6.10. The molecule has 3 rings (SSSR count). The van der Waals surface area contributed by atoms with Crippen LogP contribution in [0.2, 0.25) is 5.02 Å². The van der Waals surface area contributed by atoms with Crippen LogP contribution in [0.25, 0.3) is 6.08 Å². The number of carbonyl (C=O) groups excluding carboxylic acids is 1. The van der Waals surface area contributed by atoms with Crippen LogP contribution in [-0.2, 0) is 6.61 Å². The summed E-state index contributed by atoms with van der Waals surface area (Å²) in [6.45, 7) is 0.337. The van der Waals surface area contributed by atoms with Crippen LogP contribution in [0, 0.1) is 0 Å². The summed E-state index contributed by atoms with van der Waals surface area (Å²) >= 11 is 7.41. The maximum atomic E-state index is 12.1. The monoisotopic (exact) mass is 384 g/mol. The number of hydrogen-bond donors (Lipinski definition) is 0. The zero-order valence-corrected chi connectivity index (χ0v) is 15.7. The van der Waals surface area contributed by atoms with Crippen LogP contribution in [0.15, 0.2) is 66.1 Å². The lowest BCUT2D eigenvalue weighted by atomic mass is 10.1. The number of hydrogen-bond acceptors (Lipinski definition) is 4. The molecule has 0 spiro atoms. The fourth-order valence-electron chi connectivity index (χ4n) is 2.41. The van der Waals surface area contributed by atoms with Crippen LogP contribution in [0.3, 0.4) is 0 Å². The molecule has 0 amide bonds. The molecule has 0 aliphatic rings. The highest BCUT2D eigenvalue weighted by atomic mass is 35.5. The fraction of sp³-hybridized carbons (Fsp3) is 0.0952. The summed E-state index contributed by atoms with van der Waals surface area (Å²) in [5, 5.41) is 2.51. The topological polar surface area (TPSA) is 35.5 Å². The number of ketones is 1. The van der Waals surface area contributed by atoms with Crippen molar-refractivity contribution in [1.29, 1.82) is 0 Å². The second-order valence-electron chi connectivity index (χ2n) is 5.49. The van der Waals surface area contributed by atoms with Gasteiger partial charge in [0.05, 0.1) is 12.0 Å². The Hall–Kier alpha value is -2.56. The zero-order valence-electron chi connectivity index (χ0n) is 14.1. The number of ether oxygens (including phenoxy) is 2. The predicted octanol–water partition coefficient (Wildman–Crippen LogP) is 5.89. The lowest BCUT2D eigenvalue weighted by molar-refractivity contribution is 0.105. The summed E-state index contributed by atoms with van der Waals surface area (Å²) in [6, 6.07) is 16.6. The minimum absolute atomic E-state index is 0.00690. The third-order valence-corrected chi connectivity index (χ3v) is 4.81. The molecule has 1 heterocycles. The standard InChI is InChI=1S/C21H17ClO3S/c1-24-20-10-8-15(7-9-19(23)21-6-3-11-26-21)12-16(20)14-25-18-5-2-4-17(22)13-18/h2-13H,14H2,1H3/b9-7+. The Bertz CT molecular complexity index is 917. The van der Waals surface area contributed by atoms with E-state index < -0.39 is 0 Å². The molecule has 0 fully saturated rings. The maximum Gasteiger partial charge on any atom is 0.195 e. The van der Waals surface area contributed by atoms with Crippen molar-refractivity contribution in [2.24, 2.45) is 0 Å². The van der Waals surface area contributed by atoms with E-state index in [0.717, 1.165) is 21.8 Å². The Balaban J connectivity index is 1.74. The van der Waals surface area contributed by atoms with Crippen molar-refractivity contribution < 1.29 is 14.3 Å². The molecule has 1 aromatic heterocycles. The van der Waals surface area contributed by atoms with Crippen molar-refractivity contribution >= 4 is 34.8 Å². The molecule has 5 heteroatoms. The molecule has 0 aliphatic carbocycles. The third kappa shape index (κ3) is 4.75. The van der Waals surface area contributed by atoms with E-state index >= 15 is 0 Å². The van der Waals surface area contributed by atoms with Gasteiger partial charge in [0.1, 0.15) is 18.1 Å². The summed E-state index contributed by atoms with van der Waals surface area (Å²) < 4.78 is 11.2. The van der Waals surface area contributed by atoms with Crippen molar-refractivity contribution in [2.75, 3.05) is 7.11 Å². The molecule has 0 saturated carbocycles. The van der Waals surface area contributed by atoms with E-state index in [1.165, 1.54) is 11.3 Å². The average molecular weight is 385 g/mol. The average Bonchev–Trinajstić information content (AvgIpc) is 3.19. The molecular formula is C21H17ClO3S. The van der Waals surface area contributed by atoms with Crippen molar-refractivity contribution in [3.05, 3.63) is 87.1 Å². The van der Waals surface area contributed by atoms with Gasteiger partial charge in [-0.15, -0.1) is 11.3 Å². The summed E-state index contributed by atoms with van der Waals surface area (Å²) in [7, 11) is 1.62. The second-order valence-corrected chi connectivity index (χ2v) is 6.88. The number of allylic oxidation sites excluding steroid dienone is 1. The van der Waals surface area contributed by atoms with Gasteiger partial charge >= 0.3 is 0 Å². The largest absolute Gasteiger partial charge is 0.496 e. The van der Waals surface area contributed by atoms with E-state index in [1.54, 1.807) is 31.4 Å². The lowest BCUT2D eigenvalue weighted by Gasteiger charge is -2.11. The predicted molar refractivity (Wildman–Crippen MR) is 106 cm³/mol. The van der Waals surface area contributed by atoms with Gasteiger partial charge in [-0.3, -0.25) is 4.79 Å². The van der Waals surface area contributed by atoms with E-state index in [1.807, 2.05) is 47.8 Å². The Labute approximate surface area is 161 Å². The molecule has 132 valence electrons. The highest BCUT2D eigenvalue weighted by Gasteiger charge is 2.06. The summed E-state index contributed by atoms with van der Waals surface area (Å²) in [5.74, 6) is 1.41. The quantitative estimate of drug-likeness (QED) is 0.376. The first-order chi connectivity index (χ1) is 12.7. The Morgan fingerprint density at radius 2 is 2.04 bits per heavy atom. The van der Waals surface area contributed by atoms with Gasteiger partial charge in [0.15, 0.2) is 5.78 Å². The SMILES string of the molecule is COc1ccc(/C=C/C(=O)c2cccs2)cc1COc1cccc(Cl)c1. The van der Waals surface area contributed by atoms with Gasteiger partial charge in [0.25, 0.3) is 0 Å². The number of rotatable bonds is 7. The molecule has 0 N–H and O–H groups in total. The van der Waals surface area contributed by atoms with Gasteiger partial charge in [-0.25, -0.2) is 0 Å². The fourth-order valence-corrected chi connectivity index (χ4v) is 3.23. The summed E-state index contributed by atoms with van der Waals surface area (Å²) in [5.41, 5.74) is 1.79. The first kappa shape index (κ1) is 18.2. The molecule has 3 aromatic rings. The molecule has 26 heavy (non-hydrogen) atoms. The van der Waals surface area contributed by atoms with Crippen LogP contribution in [-0.4, -0.2) is 12.9 Å². The Morgan fingerprint density at radius 3 is 2.77 bits per heavy atom. The molecule has 0 aliphatic heterocycles. The minimum atomic E-state index is -0.00690. The van der Waals surface area contributed by atoms with Crippen molar-refractivity contribution in [3.8, 4) is 11.5 Å². The highest BCUT2D eigenvalue weighted by Crippen LogP contribution is 2.24. The van der Waals surface area contributed by atoms with Gasteiger partial charge in [-0.2, -0.15) is 0 Å². The Morgan fingerprint density at radius 1 is 1.15 bits per heavy atom. The molecular weight excluding hydrogens is 368 g/mol. The van der Waals surface area contributed by atoms with Crippen LogP contribution in [0.4, 0.5) is 0 Å². The second kappa shape index (κ2) is 8.70. The number of methoxy groups -OCH3 is 1. The van der Waals surface area contributed by atoms with Crippen molar-refractivity contribution in [2.45, 2.75) is 6.61 Å². The first-order valence-corrected chi connectivity index (χ1v) is 9.22.